The number of aliphatic imine (C=N–C) groups is 1. The first-order valence-electron chi connectivity index (χ1n) is 14.3. The Kier molecular flexibility index (Phi) is 9.16. The SMILES string of the molecule is CCCC1=NN(C)C2C(=O)N(CCOc3ccc(CC(Oc4ccccc4)C(=O)O)cc3)C(Cc3ccccc3)=NC12. The first kappa shape index (κ1) is 28.9. The molecule has 1 N–H and O–H groups in total. The summed E-state index contributed by atoms with van der Waals surface area (Å²) in [6, 6.07) is 25.5. The average Bonchev–Trinajstić information content (AvgIpc) is 3.31. The second kappa shape index (κ2) is 13.3. The molecule has 42 heavy (non-hydrogen) atoms. The number of carbonyl (C=O) groups excluding carboxylic acids is 1. The van der Waals surface area contributed by atoms with Crippen LogP contribution in [0.1, 0.15) is 30.9 Å². The standard InChI is InChI=1S/C33H36N4O5/c1-3-10-27-30-31(36(2)35-27)32(38)37(29(34-30)22-23-11-6-4-7-12-23)19-20-41-25-17-15-24(16-18-25)21-28(33(39)40)42-26-13-8-5-9-14-26/h4-9,11-18,28,30-31H,3,10,19-22H2,1-2H3,(H,39,40). The highest BCUT2D eigenvalue weighted by atomic mass is 16.5. The number of carboxylic acids is 1. The average molecular weight is 569 g/mol. The van der Waals surface area contributed by atoms with Crippen molar-refractivity contribution in [1.29, 1.82) is 0 Å². The summed E-state index contributed by atoms with van der Waals surface area (Å²) in [6.45, 7) is 2.73. The van der Waals surface area contributed by atoms with E-state index in [-0.39, 0.29) is 25.0 Å². The Morgan fingerprint density at radius 2 is 1.64 bits per heavy atom. The fourth-order valence-corrected chi connectivity index (χ4v) is 5.31. The predicted octanol–water partition coefficient (Wildman–Crippen LogP) is 4.46. The van der Waals surface area contributed by atoms with Gasteiger partial charge in [0.1, 0.15) is 30.0 Å². The first-order valence-corrected chi connectivity index (χ1v) is 14.3. The highest BCUT2D eigenvalue weighted by Gasteiger charge is 2.46. The minimum Gasteiger partial charge on any atom is -0.492 e. The maximum atomic E-state index is 13.8. The van der Waals surface area contributed by atoms with Crippen molar-refractivity contribution in [3.63, 3.8) is 0 Å². The van der Waals surface area contributed by atoms with Gasteiger partial charge in [-0.1, -0.05) is 74.0 Å². The normalized spacial score (nSPS) is 18.7. The number of likely N-dealkylation sites (N-methyl/N-ethyl adjacent to an activating group) is 1. The lowest BCUT2D eigenvalue weighted by atomic mass is 9.97. The molecule has 5 rings (SSSR count). The van der Waals surface area contributed by atoms with Crippen LogP contribution >= 0.6 is 0 Å². The van der Waals surface area contributed by atoms with Crippen LogP contribution in [0.4, 0.5) is 0 Å². The van der Waals surface area contributed by atoms with Crippen molar-refractivity contribution in [2.45, 2.75) is 50.8 Å². The molecule has 9 nitrogen and oxygen atoms in total. The van der Waals surface area contributed by atoms with E-state index < -0.39 is 18.1 Å². The van der Waals surface area contributed by atoms with Gasteiger partial charge in [-0.15, -0.1) is 0 Å². The third kappa shape index (κ3) is 6.79. The molecule has 2 heterocycles. The molecule has 3 atom stereocenters. The van der Waals surface area contributed by atoms with Crippen LogP contribution in [0.25, 0.3) is 0 Å². The maximum Gasteiger partial charge on any atom is 0.345 e. The fraction of sp³-hybridized carbons (Fsp3) is 0.333. The Morgan fingerprint density at radius 3 is 2.31 bits per heavy atom. The van der Waals surface area contributed by atoms with Crippen LogP contribution in [0.2, 0.25) is 0 Å². The molecule has 0 bridgehead atoms. The Bertz CT molecular complexity index is 1430. The van der Waals surface area contributed by atoms with Gasteiger partial charge in [0.05, 0.1) is 12.3 Å². The van der Waals surface area contributed by atoms with E-state index in [1.807, 2.05) is 55.6 Å². The lowest BCUT2D eigenvalue weighted by Gasteiger charge is -2.35. The molecule has 3 aromatic rings. The smallest absolute Gasteiger partial charge is 0.345 e. The van der Waals surface area contributed by atoms with E-state index in [2.05, 4.69) is 12.0 Å². The summed E-state index contributed by atoms with van der Waals surface area (Å²) in [5.41, 5.74) is 2.85. The third-order valence-corrected chi connectivity index (χ3v) is 7.38. The Balaban J connectivity index is 1.23. The molecule has 0 radical (unpaired) electrons. The van der Waals surface area contributed by atoms with Crippen LogP contribution in [-0.4, -0.2) is 76.8 Å². The third-order valence-electron chi connectivity index (χ3n) is 7.38. The number of hydrogen-bond acceptors (Lipinski definition) is 7. The monoisotopic (exact) mass is 568 g/mol. The van der Waals surface area contributed by atoms with Gasteiger partial charge in [-0.05, 0) is 41.8 Å². The van der Waals surface area contributed by atoms with Crippen molar-refractivity contribution < 1.29 is 24.2 Å². The minimum absolute atomic E-state index is 0.0182. The summed E-state index contributed by atoms with van der Waals surface area (Å²) in [4.78, 5) is 32.3. The highest BCUT2D eigenvalue weighted by molar-refractivity contribution is 6.09. The van der Waals surface area contributed by atoms with Gasteiger partial charge in [0.15, 0.2) is 12.1 Å². The lowest BCUT2D eigenvalue weighted by Crippen LogP contribution is -2.57. The largest absolute Gasteiger partial charge is 0.492 e. The number of carboxylic acid groups (broad SMARTS) is 1. The molecule has 9 heteroatoms. The molecule has 0 saturated heterocycles. The molecule has 0 fully saturated rings. The van der Waals surface area contributed by atoms with E-state index in [1.54, 1.807) is 46.3 Å². The molecule has 3 aromatic carbocycles. The Morgan fingerprint density at radius 1 is 0.952 bits per heavy atom. The molecule has 0 saturated carbocycles. The van der Waals surface area contributed by atoms with Gasteiger partial charge in [0.2, 0.25) is 0 Å². The number of para-hydroxylation sites is 1. The van der Waals surface area contributed by atoms with Crippen molar-refractivity contribution in [2.24, 2.45) is 10.1 Å². The molecule has 2 aliphatic heterocycles. The maximum absolute atomic E-state index is 13.8. The summed E-state index contributed by atoms with van der Waals surface area (Å²) in [6.07, 6.45) is 1.51. The van der Waals surface area contributed by atoms with Gasteiger partial charge in [-0.25, -0.2) is 4.79 Å². The number of carbonyl (C=O) groups is 2. The zero-order chi connectivity index (χ0) is 29.5. The number of benzene rings is 3. The second-order valence-corrected chi connectivity index (χ2v) is 10.5. The Labute approximate surface area is 246 Å². The van der Waals surface area contributed by atoms with Gasteiger partial charge in [-0.3, -0.25) is 19.7 Å². The van der Waals surface area contributed by atoms with E-state index in [0.717, 1.165) is 35.5 Å². The first-order chi connectivity index (χ1) is 20.4. The van der Waals surface area contributed by atoms with Gasteiger partial charge in [0.25, 0.3) is 5.91 Å². The second-order valence-electron chi connectivity index (χ2n) is 10.5. The molecule has 0 spiro atoms. The van der Waals surface area contributed by atoms with Crippen LogP contribution in [0.5, 0.6) is 11.5 Å². The summed E-state index contributed by atoms with van der Waals surface area (Å²) < 4.78 is 11.7. The Hall–Kier alpha value is -4.66. The van der Waals surface area contributed by atoms with Crippen molar-refractivity contribution >= 4 is 23.4 Å². The van der Waals surface area contributed by atoms with Gasteiger partial charge < -0.3 is 14.6 Å². The van der Waals surface area contributed by atoms with E-state index >= 15 is 0 Å². The fourth-order valence-electron chi connectivity index (χ4n) is 5.31. The number of fused-ring (bicyclic) bond motifs is 1. The quantitative estimate of drug-likeness (QED) is 0.327. The molecule has 3 unspecified atom stereocenters. The van der Waals surface area contributed by atoms with E-state index in [1.165, 1.54) is 0 Å². The molecule has 1 amide bonds. The van der Waals surface area contributed by atoms with Crippen molar-refractivity contribution in [3.05, 3.63) is 96.1 Å². The van der Waals surface area contributed by atoms with Crippen LogP contribution < -0.4 is 9.47 Å². The minimum atomic E-state index is -1.03. The molecular weight excluding hydrogens is 532 g/mol. The van der Waals surface area contributed by atoms with Crippen LogP contribution in [-0.2, 0) is 22.4 Å². The molecular formula is C33H36N4O5. The van der Waals surface area contributed by atoms with Crippen molar-refractivity contribution in [1.82, 2.24) is 9.91 Å². The summed E-state index contributed by atoms with van der Waals surface area (Å²) >= 11 is 0. The molecule has 0 aliphatic carbocycles. The lowest BCUT2D eigenvalue weighted by molar-refractivity contribution is -0.145. The van der Waals surface area contributed by atoms with E-state index in [0.29, 0.717) is 24.5 Å². The van der Waals surface area contributed by atoms with E-state index in [9.17, 15) is 14.7 Å². The highest BCUT2D eigenvalue weighted by Crippen LogP contribution is 2.27. The number of hydrazone groups is 1. The molecule has 2 aliphatic rings. The predicted molar refractivity (Wildman–Crippen MR) is 161 cm³/mol. The van der Waals surface area contributed by atoms with Crippen LogP contribution in [0.3, 0.4) is 0 Å². The number of ether oxygens (including phenoxy) is 2. The van der Waals surface area contributed by atoms with Crippen LogP contribution in [0, 0.1) is 0 Å². The van der Waals surface area contributed by atoms with Gasteiger partial charge in [0, 0.05) is 19.9 Å². The topological polar surface area (TPSA) is 104 Å². The van der Waals surface area contributed by atoms with Gasteiger partial charge >= 0.3 is 5.97 Å². The number of amidine groups is 1. The summed E-state index contributed by atoms with van der Waals surface area (Å²) in [5, 5.41) is 16.0. The number of amides is 1. The summed E-state index contributed by atoms with van der Waals surface area (Å²) in [5.74, 6) is 0.820. The number of hydrogen-bond donors (Lipinski definition) is 1. The number of aliphatic carboxylic acids is 1. The number of nitrogens with zero attached hydrogens (tertiary/aromatic N) is 4. The van der Waals surface area contributed by atoms with Gasteiger partial charge in [-0.2, -0.15) is 5.10 Å². The molecule has 218 valence electrons. The van der Waals surface area contributed by atoms with E-state index in [4.69, 9.17) is 14.5 Å². The van der Waals surface area contributed by atoms with Crippen molar-refractivity contribution in [2.75, 3.05) is 20.2 Å². The molecule has 0 aromatic heterocycles. The zero-order valence-electron chi connectivity index (χ0n) is 23.9. The number of rotatable bonds is 13. The van der Waals surface area contributed by atoms with Crippen LogP contribution in [0.15, 0.2) is 95.0 Å². The zero-order valence-corrected chi connectivity index (χ0v) is 23.9. The summed E-state index contributed by atoms with van der Waals surface area (Å²) in [7, 11) is 1.84. The van der Waals surface area contributed by atoms with Crippen molar-refractivity contribution in [3.8, 4) is 11.5 Å².